The van der Waals surface area contributed by atoms with Crippen LogP contribution < -0.4 is 5.73 Å². The maximum absolute atomic E-state index is 12.7. The molecule has 0 aromatic rings. The van der Waals surface area contributed by atoms with E-state index in [4.69, 9.17) is 10.8 Å². The van der Waals surface area contributed by atoms with Gasteiger partial charge >= 0.3 is 5.97 Å². The van der Waals surface area contributed by atoms with E-state index in [1.165, 1.54) is 20.8 Å². The zero-order chi connectivity index (χ0) is 14.7. The van der Waals surface area contributed by atoms with Crippen molar-refractivity contribution in [1.82, 2.24) is 0 Å². The lowest BCUT2D eigenvalue weighted by Gasteiger charge is -2.17. The van der Waals surface area contributed by atoms with Crippen LogP contribution in [0.2, 0.25) is 0 Å². The van der Waals surface area contributed by atoms with Crippen molar-refractivity contribution in [2.75, 3.05) is 0 Å². The lowest BCUT2D eigenvalue weighted by Crippen LogP contribution is -2.29. The molecule has 0 amide bonds. The highest BCUT2D eigenvalue weighted by molar-refractivity contribution is 6.21. The molecule has 0 fully saturated rings. The standard InChI is InChI=1S/C10H14F4N2O2/c1-10(2,3)16-6(8(13)14)4(9(17)18)5(15)7(11)12/h7-8H,15H2,1-3H3,(H,17,18)/b5-4+,16-6?. The average Bonchev–Trinajstić information content (AvgIpc) is 2.13. The third-order valence-corrected chi connectivity index (χ3v) is 1.66. The van der Waals surface area contributed by atoms with Crippen LogP contribution in [0.4, 0.5) is 17.6 Å². The second-order valence-electron chi connectivity index (χ2n) is 4.40. The van der Waals surface area contributed by atoms with Gasteiger partial charge < -0.3 is 10.8 Å². The number of carboxylic acid groups (broad SMARTS) is 1. The summed E-state index contributed by atoms with van der Waals surface area (Å²) in [7, 11) is 0. The SMILES string of the molecule is CC(C)(C)N=C(/C(C(=O)O)=C(\N)C(F)F)C(F)F. The van der Waals surface area contributed by atoms with Crippen molar-refractivity contribution in [3.8, 4) is 0 Å². The smallest absolute Gasteiger partial charge is 0.339 e. The fourth-order valence-electron chi connectivity index (χ4n) is 1.07. The van der Waals surface area contributed by atoms with E-state index in [-0.39, 0.29) is 0 Å². The van der Waals surface area contributed by atoms with E-state index in [1.807, 2.05) is 0 Å². The van der Waals surface area contributed by atoms with E-state index in [0.717, 1.165) is 0 Å². The van der Waals surface area contributed by atoms with Crippen molar-refractivity contribution in [3.63, 3.8) is 0 Å². The Morgan fingerprint density at radius 3 is 1.83 bits per heavy atom. The minimum Gasteiger partial charge on any atom is -0.478 e. The molecule has 4 nitrogen and oxygen atoms in total. The van der Waals surface area contributed by atoms with Crippen molar-refractivity contribution in [2.24, 2.45) is 10.7 Å². The van der Waals surface area contributed by atoms with Crippen LogP contribution in [0, 0.1) is 0 Å². The van der Waals surface area contributed by atoms with Crippen LogP contribution in [0.25, 0.3) is 0 Å². The lowest BCUT2D eigenvalue weighted by atomic mass is 10.1. The first-order valence-corrected chi connectivity index (χ1v) is 4.86. The van der Waals surface area contributed by atoms with Crippen molar-refractivity contribution in [2.45, 2.75) is 39.2 Å². The molecule has 18 heavy (non-hydrogen) atoms. The number of nitrogens with two attached hydrogens (primary N) is 1. The minimum absolute atomic E-state index is 1.05. The Morgan fingerprint density at radius 2 is 1.61 bits per heavy atom. The van der Waals surface area contributed by atoms with Crippen LogP contribution in [0.5, 0.6) is 0 Å². The molecule has 0 aliphatic rings. The van der Waals surface area contributed by atoms with E-state index >= 15 is 0 Å². The van der Waals surface area contributed by atoms with Gasteiger partial charge in [-0.15, -0.1) is 0 Å². The number of aliphatic imine (C=N–C) groups is 1. The molecule has 0 spiro atoms. The van der Waals surface area contributed by atoms with E-state index in [2.05, 4.69) is 4.99 Å². The summed E-state index contributed by atoms with van der Waals surface area (Å²) < 4.78 is 50.2. The molecular weight excluding hydrogens is 256 g/mol. The van der Waals surface area contributed by atoms with Gasteiger partial charge in [0, 0.05) is 0 Å². The number of halogens is 4. The molecule has 0 radical (unpaired) electrons. The summed E-state index contributed by atoms with van der Waals surface area (Å²) in [5, 5.41) is 8.72. The Labute approximate surface area is 101 Å². The van der Waals surface area contributed by atoms with Gasteiger partial charge in [-0.2, -0.15) is 0 Å². The van der Waals surface area contributed by atoms with Crippen LogP contribution in [-0.4, -0.2) is 35.2 Å². The van der Waals surface area contributed by atoms with Crippen molar-refractivity contribution in [3.05, 3.63) is 11.3 Å². The van der Waals surface area contributed by atoms with Gasteiger partial charge in [0.25, 0.3) is 12.9 Å². The number of hydrogen-bond acceptors (Lipinski definition) is 3. The first-order valence-electron chi connectivity index (χ1n) is 4.86. The Morgan fingerprint density at radius 1 is 1.17 bits per heavy atom. The second-order valence-corrected chi connectivity index (χ2v) is 4.40. The highest BCUT2D eigenvalue weighted by Crippen LogP contribution is 2.19. The molecule has 3 N–H and O–H groups in total. The number of nitrogens with zero attached hydrogens (tertiary/aromatic N) is 1. The van der Waals surface area contributed by atoms with Gasteiger partial charge in [-0.3, -0.25) is 4.99 Å². The van der Waals surface area contributed by atoms with Gasteiger partial charge in [0.05, 0.1) is 11.2 Å². The van der Waals surface area contributed by atoms with E-state index in [9.17, 15) is 22.4 Å². The molecule has 0 atom stereocenters. The first kappa shape index (κ1) is 16.4. The number of alkyl halides is 4. The summed E-state index contributed by atoms with van der Waals surface area (Å²) in [4.78, 5) is 14.2. The van der Waals surface area contributed by atoms with Gasteiger partial charge in [-0.05, 0) is 20.8 Å². The summed E-state index contributed by atoms with van der Waals surface area (Å²) in [5.74, 6) is -1.96. The number of carboxylic acids is 1. The zero-order valence-corrected chi connectivity index (χ0v) is 10.0. The minimum atomic E-state index is -3.35. The number of carbonyl (C=O) groups is 1. The van der Waals surface area contributed by atoms with Crippen LogP contribution in [0.1, 0.15) is 20.8 Å². The summed E-state index contributed by atoms with van der Waals surface area (Å²) >= 11 is 0. The predicted molar refractivity (Wildman–Crippen MR) is 58.0 cm³/mol. The number of hydrogen-bond donors (Lipinski definition) is 2. The largest absolute Gasteiger partial charge is 0.478 e. The topological polar surface area (TPSA) is 75.7 Å². The summed E-state index contributed by atoms with van der Waals surface area (Å²) in [5.41, 5.74) is -0.199. The van der Waals surface area contributed by atoms with Gasteiger partial charge in [0.2, 0.25) is 0 Å². The van der Waals surface area contributed by atoms with E-state index in [1.54, 1.807) is 0 Å². The molecule has 0 heterocycles. The molecule has 0 aromatic heterocycles. The van der Waals surface area contributed by atoms with Crippen LogP contribution in [0.3, 0.4) is 0 Å². The van der Waals surface area contributed by atoms with Crippen molar-refractivity contribution >= 4 is 11.7 Å². The van der Waals surface area contributed by atoms with Gasteiger partial charge in [-0.1, -0.05) is 0 Å². The van der Waals surface area contributed by atoms with E-state index in [0.29, 0.717) is 0 Å². The molecule has 0 bridgehead atoms. The Bertz CT molecular complexity index is 384. The highest BCUT2D eigenvalue weighted by Gasteiger charge is 2.31. The molecular formula is C10H14F4N2O2. The molecule has 0 saturated carbocycles. The average molecular weight is 270 g/mol. The van der Waals surface area contributed by atoms with Gasteiger partial charge in [0.1, 0.15) is 11.3 Å². The molecule has 0 saturated heterocycles. The normalized spacial score (nSPS) is 15.1. The van der Waals surface area contributed by atoms with Crippen LogP contribution in [-0.2, 0) is 4.79 Å². The van der Waals surface area contributed by atoms with Crippen molar-refractivity contribution in [1.29, 1.82) is 0 Å². The van der Waals surface area contributed by atoms with Crippen molar-refractivity contribution < 1.29 is 27.5 Å². The molecule has 104 valence electrons. The second kappa shape index (κ2) is 5.83. The predicted octanol–water partition coefficient (Wildman–Crippen LogP) is 2.05. The third kappa shape index (κ3) is 4.72. The maximum atomic E-state index is 12.7. The molecule has 0 aliphatic carbocycles. The number of allylic oxidation sites excluding steroid dienone is 1. The quantitative estimate of drug-likeness (QED) is 0.466. The van der Waals surface area contributed by atoms with Gasteiger partial charge in [-0.25, -0.2) is 22.4 Å². The van der Waals surface area contributed by atoms with Crippen LogP contribution >= 0.6 is 0 Å². The number of rotatable bonds is 4. The highest BCUT2D eigenvalue weighted by atomic mass is 19.3. The zero-order valence-electron chi connectivity index (χ0n) is 10.0. The molecule has 0 unspecified atom stereocenters. The third-order valence-electron chi connectivity index (χ3n) is 1.66. The fraction of sp³-hybridized carbons (Fsp3) is 0.600. The Balaban J connectivity index is 5.94. The molecule has 0 aliphatic heterocycles. The molecule has 0 rings (SSSR count). The van der Waals surface area contributed by atoms with Crippen LogP contribution in [0.15, 0.2) is 16.3 Å². The first-order chi connectivity index (χ1) is 7.97. The number of aliphatic carboxylic acids is 1. The fourth-order valence-corrected chi connectivity index (χ4v) is 1.07. The Kier molecular flexibility index (Phi) is 5.31. The Hall–Kier alpha value is -1.60. The summed E-state index contributed by atoms with van der Waals surface area (Å²) in [6, 6.07) is 0. The van der Waals surface area contributed by atoms with Gasteiger partial charge in [0.15, 0.2) is 0 Å². The molecule has 0 aromatic carbocycles. The summed E-state index contributed by atoms with van der Waals surface area (Å²) in [6.45, 7) is 4.27. The lowest BCUT2D eigenvalue weighted by molar-refractivity contribution is -0.132. The summed E-state index contributed by atoms with van der Waals surface area (Å²) in [6.07, 6.45) is -6.66. The molecule has 8 heteroatoms. The maximum Gasteiger partial charge on any atom is 0.339 e. The monoisotopic (exact) mass is 270 g/mol. The van der Waals surface area contributed by atoms with E-state index < -0.39 is 41.3 Å².